The van der Waals surface area contributed by atoms with Crippen molar-refractivity contribution in [2.75, 3.05) is 4.90 Å². The number of anilines is 1. The molecule has 1 atom stereocenters. The zero-order chi connectivity index (χ0) is 18.2. The van der Waals surface area contributed by atoms with E-state index in [9.17, 15) is 18.0 Å². The first kappa shape index (κ1) is 17.6. The lowest BCUT2D eigenvalue weighted by atomic mass is 10.1. The van der Waals surface area contributed by atoms with Gasteiger partial charge in [0.2, 0.25) is 5.91 Å². The fourth-order valence-electron chi connectivity index (χ4n) is 2.62. The molecule has 0 spiro atoms. The number of halogens is 5. The Bertz CT molecular complexity index is 852. The van der Waals surface area contributed by atoms with E-state index in [0.717, 1.165) is 4.90 Å². The van der Waals surface area contributed by atoms with Gasteiger partial charge in [0.05, 0.1) is 0 Å². The normalized spacial score (nSPS) is 18.0. The number of alkyl halides is 3. The van der Waals surface area contributed by atoms with Gasteiger partial charge in [0.1, 0.15) is 11.9 Å². The third-order valence-corrected chi connectivity index (χ3v) is 4.08. The third-order valence-electron chi connectivity index (χ3n) is 3.61. The molecule has 1 amide bonds. The molecule has 130 valence electrons. The Balaban J connectivity index is 2.19. The average molecular weight is 387 g/mol. The molecule has 0 fully saturated rings. The van der Waals surface area contributed by atoms with Crippen molar-refractivity contribution < 1.29 is 18.0 Å². The second-order valence-corrected chi connectivity index (χ2v) is 6.22. The molecule has 2 aromatic carbocycles. The summed E-state index contributed by atoms with van der Waals surface area (Å²) in [6.45, 7) is 0. The summed E-state index contributed by atoms with van der Waals surface area (Å²) >= 11 is 11.9. The van der Waals surface area contributed by atoms with Crippen LogP contribution in [0.3, 0.4) is 0 Å². The smallest absolute Gasteiger partial charge is 0.328 e. The van der Waals surface area contributed by atoms with E-state index in [1.54, 1.807) is 24.3 Å². The van der Waals surface area contributed by atoms with Gasteiger partial charge < -0.3 is 10.2 Å². The van der Waals surface area contributed by atoms with Crippen LogP contribution in [-0.4, -0.2) is 12.1 Å². The van der Waals surface area contributed by atoms with Gasteiger partial charge in [-0.2, -0.15) is 13.2 Å². The Morgan fingerprint density at radius 1 is 1.00 bits per heavy atom. The van der Waals surface area contributed by atoms with E-state index in [0.29, 0.717) is 16.7 Å². The van der Waals surface area contributed by atoms with Crippen LogP contribution in [0.2, 0.25) is 10.0 Å². The summed E-state index contributed by atoms with van der Waals surface area (Å²) in [5.41, 5.74) is -0.472. The maximum absolute atomic E-state index is 13.6. The molecular formula is C17H11Cl2F3N2O. The summed E-state index contributed by atoms with van der Waals surface area (Å²) in [4.78, 5) is 12.8. The van der Waals surface area contributed by atoms with E-state index >= 15 is 0 Å². The van der Waals surface area contributed by atoms with Gasteiger partial charge in [-0.3, -0.25) is 4.79 Å². The van der Waals surface area contributed by atoms with E-state index in [2.05, 4.69) is 5.32 Å². The Morgan fingerprint density at radius 3 is 2.24 bits per heavy atom. The summed E-state index contributed by atoms with van der Waals surface area (Å²) in [5, 5.41) is 3.17. The number of benzene rings is 2. The van der Waals surface area contributed by atoms with Gasteiger partial charge in [-0.1, -0.05) is 41.4 Å². The summed E-state index contributed by atoms with van der Waals surface area (Å²) in [6.07, 6.45) is -5.27. The van der Waals surface area contributed by atoms with Gasteiger partial charge in [0, 0.05) is 21.8 Å². The van der Waals surface area contributed by atoms with Crippen LogP contribution in [0.15, 0.2) is 60.3 Å². The molecule has 3 rings (SSSR count). The number of hydrogen-bond donors (Lipinski definition) is 1. The molecule has 25 heavy (non-hydrogen) atoms. The lowest BCUT2D eigenvalue weighted by Crippen LogP contribution is -2.48. The lowest BCUT2D eigenvalue weighted by molar-refractivity contribution is -0.121. The Kier molecular flexibility index (Phi) is 4.67. The molecule has 2 aromatic rings. The Labute approximate surface area is 151 Å². The number of nitrogens with zero attached hydrogens (tertiary/aromatic N) is 1. The predicted molar refractivity (Wildman–Crippen MR) is 90.4 cm³/mol. The van der Waals surface area contributed by atoms with Crippen LogP contribution < -0.4 is 10.2 Å². The lowest BCUT2D eigenvalue weighted by Gasteiger charge is -2.39. The van der Waals surface area contributed by atoms with E-state index in [4.69, 9.17) is 23.2 Å². The molecule has 0 radical (unpaired) electrons. The van der Waals surface area contributed by atoms with Crippen LogP contribution >= 0.6 is 23.2 Å². The van der Waals surface area contributed by atoms with E-state index < -0.39 is 23.9 Å². The van der Waals surface area contributed by atoms with E-state index in [-0.39, 0.29) is 10.7 Å². The number of nitrogens with one attached hydrogen (secondary N) is 1. The van der Waals surface area contributed by atoms with Crippen LogP contribution in [-0.2, 0) is 4.79 Å². The third kappa shape index (κ3) is 3.75. The van der Waals surface area contributed by atoms with Crippen molar-refractivity contribution in [2.24, 2.45) is 0 Å². The number of amides is 1. The first-order valence-corrected chi connectivity index (χ1v) is 7.91. The monoisotopic (exact) mass is 386 g/mol. The maximum atomic E-state index is 13.6. The molecule has 1 heterocycles. The van der Waals surface area contributed by atoms with Crippen LogP contribution in [0.4, 0.5) is 18.9 Å². The van der Waals surface area contributed by atoms with E-state index in [1.165, 1.54) is 24.3 Å². The van der Waals surface area contributed by atoms with Gasteiger partial charge in [0.25, 0.3) is 0 Å². The van der Waals surface area contributed by atoms with Gasteiger partial charge >= 0.3 is 6.18 Å². The highest BCUT2D eigenvalue weighted by molar-refractivity contribution is 6.31. The summed E-state index contributed by atoms with van der Waals surface area (Å²) in [6, 6.07) is 12.3. The fraction of sp³-hybridized carbons (Fsp3) is 0.118. The summed E-state index contributed by atoms with van der Waals surface area (Å²) in [7, 11) is 0. The minimum absolute atomic E-state index is 0.195. The van der Waals surface area contributed by atoms with Crippen molar-refractivity contribution >= 4 is 34.8 Å². The maximum Gasteiger partial charge on any atom is 0.431 e. The largest absolute Gasteiger partial charge is 0.431 e. The second kappa shape index (κ2) is 6.61. The zero-order valence-electron chi connectivity index (χ0n) is 12.5. The van der Waals surface area contributed by atoms with Crippen molar-refractivity contribution in [3.05, 3.63) is 75.9 Å². The van der Waals surface area contributed by atoms with Gasteiger partial charge in [0.15, 0.2) is 0 Å². The average Bonchev–Trinajstić information content (AvgIpc) is 2.53. The topological polar surface area (TPSA) is 32.3 Å². The fourth-order valence-corrected chi connectivity index (χ4v) is 3.00. The number of rotatable bonds is 2. The number of carbonyl (C=O) groups excluding carboxylic acids is 1. The highest BCUT2D eigenvalue weighted by Gasteiger charge is 2.44. The SMILES string of the molecule is O=C1C=C(C(F)(F)F)N(c2cccc(Cl)c2)C(c2cccc(Cl)c2)N1. The zero-order valence-corrected chi connectivity index (χ0v) is 14.0. The van der Waals surface area contributed by atoms with Crippen LogP contribution in [0, 0.1) is 0 Å². The first-order valence-electron chi connectivity index (χ1n) is 7.15. The van der Waals surface area contributed by atoms with Gasteiger partial charge in [-0.05, 0) is 35.9 Å². The highest BCUT2D eigenvalue weighted by Crippen LogP contribution is 2.40. The molecule has 1 aliphatic heterocycles. The molecule has 1 unspecified atom stereocenters. The number of hydrogen-bond acceptors (Lipinski definition) is 2. The summed E-state index contributed by atoms with van der Waals surface area (Å²) in [5.74, 6) is -0.837. The minimum Gasteiger partial charge on any atom is -0.328 e. The molecule has 3 nitrogen and oxygen atoms in total. The molecule has 0 bridgehead atoms. The van der Waals surface area contributed by atoms with Crippen LogP contribution in [0.25, 0.3) is 0 Å². The highest BCUT2D eigenvalue weighted by atomic mass is 35.5. The first-order chi connectivity index (χ1) is 11.8. The Hall–Kier alpha value is -2.18. The van der Waals surface area contributed by atoms with Crippen molar-refractivity contribution in [2.45, 2.75) is 12.3 Å². The van der Waals surface area contributed by atoms with Gasteiger partial charge in [-0.15, -0.1) is 0 Å². The van der Waals surface area contributed by atoms with Gasteiger partial charge in [-0.25, -0.2) is 0 Å². The van der Waals surface area contributed by atoms with Crippen molar-refractivity contribution in [3.8, 4) is 0 Å². The second-order valence-electron chi connectivity index (χ2n) is 5.34. The van der Waals surface area contributed by atoms with Crippen molar-refractivity contribution in [3.63, 3.8) is 0 Å². The molecule has 1 N–H and O–H groups in total. The minimum atomic E-state index is -4.73. The quantitative estimate of drug-likeness (QED) is 0.780. The molecule has 0 saturated carbocycles. The van der Waals surface area contributed by atoms with Crippen LogP contribution in [0.5, 0.6) is 0 Å². The molecule has 8 heteroatoms. The molecule has 0 aromatic heterocycles. The molecule has 0 saturated heterocycles. The number of allylic oxidation sites excluding steroid dienone is 1. The van der Waals surface area contributed by atoms with Crippen molar-refractivity contribution in [1.82, 2.24) is 5.32 Å². The van der Waals surface area contributed by atoms with Crippen LogP contribution in [0.1, 0.15) is 11.7 Å². The number of carbonyl (C=O) groups is 1. The molecule has 1 aliphatic rings. The standard InChI is InChI=1S/C17H11Cl2F3N2O/c18-11-4-1-3-10(7-11)16-23-15(25)9-14(17(20,21)22)24(16)13-6-2-5-12(19)8-13/h1-9,16H,(H,23,25). The molecule has 0 aliphatic carbocycles. The van der Waals surface area contributed by atoms with Crippen molar-refractivity contribution in [1.29, 1.82) is 0 Å². The predicted octanol–water partition coefficient (Wildman–Crippen LogP) is 5.07. The Morgan fingerprint density at radius 2 is 1.64 bits per heavy atom. The molecular weight excluding hydrogens is 376 g/mol. The van der Waals surface area contributed by atoms with E-state index in [1.807, 2.05) is 0 Å². The summed E-state index contributed by atoms with van der Waals surface area (Å²) < 4.78 is 40.7.